The maximum Gasteiger partial charge on any atom is 0.191 e. The number of aromatic nitrogens is 1. The standard InChI is InChI=1S/C20H32FN5O2/c1-2-22-20(24-9-4-11-27-14-16-7-12-28-15-16)25-17-6-10-26(13-17)19-18(21)5-3-8-23-19/h3,5,8,16-17H,2,4,6-7,9-15H2,1H3,(H2,22,24,25). The van der Waals surface area contributed by atoms with Crippen molar-refractivity contribution in [3.8, 4) is 0 Å². The van der Waals surface area contributed by atoms with Crippen molar-refractivity contribution in [2.75, 3.05) is 57.5 Å². The van der Waals surface area contributed by atoms with Gasteiger partial charge in [-0.15, -0.1) is 0 Å². The molecule has 3 heterocycles. The van der Waals surface area contributed by atoms with Crippen molar-refractivity contribution in [3.05, 3.63) is 24.1 Å². The van der Waals surface area contributed by atoms with Crippen molar-refractivity contribution in [2.24, 2.45) is 10.9 Å². The van der Waals surface area contributed by atoms with Crippen molar-refractivity contribution in [1.82, 2.24) is 15.6 Å². The van der Waals surface area contributed by atoms with Crippen molar-refractivity contribution in [3.63, 3.8) is 0 Å². The zero-order valence-corrected chi connectivity index (χ0v) is 16.7. The van der Waals surface area contributed by atoms with Crippen LogP contribution in [0.5, 0.6) is 0 Å². The molecule has 2 aliphatic heterocycles. The molecule has 3 rings (SSSR count). The monoisotopic (exact) mass is 393 g/mol. The molecule has 28 heavy (non-hydrogen) atoms. The zero-order chi connectivity index (χ0) is 19.6. The van der Waals surface area contributed by atoms with Gasteiger partial charge in [0.15, 0.2) is 17.6 Å². The van der Waals surface area contributed by atoms with Crippen LogP contribution in [0.25, 0.3) is 0 Å². The number of nitrogens with one attached hydrogen (secondary N) is 2. The van der Waals surface area contributed by atoms with Crippen LogP contribution >= 0.6 is 0 Å². The van der Waals surface area contributed by atoms with Gasteiger partial charge in [0.25, 0.3) is 0 Å². The Morgan fingerprint density at radius 3 is 3.18 bits per heavy atom. The third-order valence-electron chi connectivity index (χ3n) is 5.01. The van der Waals surface area contributed by atoms with Crippen LogP contribution in [0.3, 0.4) is 0 Å². The molecule has 2 N–H and O–H groups in total. The Morgan fingerprint density at radius 1 is 1.46 bits per heavy atom. The second kappa shape index (κ2) is 11.2. The average Bonchev–Trinajstić information content (AvgIpc) is 3.37. The molecule has 8 heteroatoms. The number of hydrogen-bond donors (Lipinski definition) is 2. The Morgan fingerprint density at radius 2 is 2.39 bits per heavy atom. The number of guanidine groups is 1. The SMILES string of the molecule is CCNC(=NCCCOCC1CCOC1)NC1CCN(c2ncccc2F)C1. The number of anilines is 1. The van der Waals surface area contributed by atoms with Crippen LogP contribution in [0.4, 0.5) is 10.2 Å². The van der Waals surface area contributed by atoms with Gasteiger partial charge in [0.1, 0.15) is 0 Å². The first kappa shape index (κ1) is 20.8. The number of ether oxygens (including phenoxy) is 2. The average molecular weight is 394 g/mol. The first-order valence-corrected chi connectivity index (χ1v) is 10.3. The summed E-state index contributed by atoms with van der Waals surface area (Å²) in [5.74, 6) is 1.52. The van der Waals surface area contributed by atoms with Gasteiger partial charge in [0.05, 0.1) is 13.2 Å². The van der Waals surface area contributed by atoms with E-state index in [2.05, 4.69) is 20.6 Å². The van der Waals surface area contributed by atoms with Crippen LogP contribution in [-0.2, 0) is 9.47 Å². The zero-order valence-electron chi connectivity index (χ0n) is 16.7. The largest absolute Gasteiger partial charge is 0.381 e. The quantitative estimate of drug-likeness (QED) is 0.379. The maximum atomic E-state index is 13.9. The molecule has 156 valence electrons. The van der Waals surface area contributed by atoms with Crippen molar-refractivity contribution >= 4 is 11.8 Å². The van der Waals surface area contributed by atoms with Gasteiger partial charge in [0, 0.05) is 57.5 Å². The lowest BCUT2D eigenvalue weighted by atomic mass is 10.1. The van der Waals surface area contributed by atoms with Gasteiger partial charge in [-0.3, -0.25) is 4.99 Å². The molecule has 0 bridgehead atoms. The molecule has 2 fully saturated rings. The summed E-state index contributed by atoms with van der Waals surface area (Å²) in [5, 5.41) is 6.75. The molecule has 1 aromatic rings. The summed E-state index contributed by atoms with van der Waals surface area (Å²) in [7, 11) is 0. The predicted molar refractivity (Wildman–Crippen MR) is 108 cm³/mol. The number of rotatable bonds is 9. The molecular formula is C20H32FN5O2. The second-order valence-corrected chi connectivity index (χ2v) is 7.30. The van der Waals surface area contributed by atoms with E-state index in [0.29, 0.717) is 24.8 Å². The third kappa shape index (κ3) is 6.31. The highest BCUT2D eigenvalue weighted by atomic mass is 19.1. The van der Waals surface area contributed by atoms with E-state index in [4.69, 9.17) is 9.47 Å². The van der Waals surface area contributed by atoms with Gasteiger partial charge in [0.2, 0.25) is 0 Å². The molecule has 0 amide bonds. The fourth-order valence-corrected chi connectivity index (χ4v) is 3.52. The van der Waals surface area contributed by atoms with Gasteiger partial charge in [-0.25, -0.2) is 9.37 Å². The predicted octanol–water partition coefficient (Wildman–Crippen LogP) is 1.80. The van der Waals surface area contributed by atoms with E-state index in [-0.39, 0.29) is 11.9 Å². The summed E-state index contributed by atoms with van der Waals surface area (Å²) in [6.45, 7) is 8.24. The van der Waals surface area contributed by atoms with E-state index in [1.54, 1.807) is 12.3 Å². The Labute approximate surface area is 166 Å². The highest BCUT2D eigenvalue weighted by Crippen LogP contribution is 2.20. The number of pyridine rings is 1. The van der Waals surface area contributed by atoms with Crippen LogP contribution in [0, 0.1) is 11.7 Å². The Kier molecular flexibility index (Phi) is 8.29. The van der Waals surface area contributed by atoms with Crippen LogP contribution in [-0.4, -0.2) is 69.6 Å². The summed E-state index contributed by atoms with van der Waals surface area (Å²) in [6, 6.07) is 3.29. The fourth-order valence-electron chi connectivity index (χ4n) is 3.52. The van der Waals surface area contributed by atoms with E-state index < -0.39 is 0 Å². The summed E-state index contributed by atoms with van der Waals surface area (Å²) in [4.78, 5) is 10.8. The summed E-state index contributed by atoms with van der Waals surface area (Å²) >= 11 is 0. The number of halogens is 1. The number of aliphatic imine (C=N–C) groups is 1. The Bertz CT molecular complexity index is 624. The minimum atomic E-state index is -0.270. The molecule has 0 aliphatic carbocycles. The van der Waals surface area contributed by atoms with Crippen LogP contribution in [0.1, 0.15) is 26.2 Å². The van der Waals surface area contributed by atoms with Crippen molar-refractivity contribution < 1.29 is 13.9 Å². The van der Waals surface area contributed by atoms with Crippen molar-refractivity contribution in [1.29, 1.82) is 0 Å². The lowest BCUT2D eigenvalue weighted by Crippen LogP contribution is -2.44. The van der Waals surface area contributed by atoms with E-state index in [9.17, 15) is 4.39 Å². The number of nitrogens with zero attached hydrogens (tertiary/aromatic N) is 3. The molecule has 0 spiro atoms. The smallest absolute Gasteiger partial charge is 0.191 e. The van der Waals surface area contributed by atoms with Gasteiger partial charge in [-0.2, -0.15) is 0 Å². The summed E-state index contributed by atoms with van der Waals surface area (Å²) in [6.07, 6.45) is 4.55. The minimum Gasteiger partial charge on any atom is -0.381 e. The molecule has 0 radical (unpaired) electrons. The van der Waals surface area contributed by atoms with Gasteiger partial charge in [-0.1, -0.05) is 0 Å². The maximum absolute atomic E-state index is 13.9. The molecular weight excluding hydrogens is 361 g/mol. The lowest BCUT2D eigenvalue weighted by Gasteiger charge is -2.20. The van der Waals surface area contributed by atoms with Crippen LogP contribution in [0.2, 0.25) is 0 Å². The first-order chi connectivity index (χ1) is 13.8. The molecule has 2 saturated heterocycles. The minimum absolute atomic E-state index is 0.220. The first-order valence-electron chi connectivity index (χ1n) is 10.3. The second-order valence-electron chi connectivity index (χ2n) is 7.30. The lowest BCUT2D eigenvalue weighted by molar-refractivity contribution is 0.0893. The van der Waals surface area contributed by atoms with Crippen molar-refractivity contribution in [2.45, 2.75) is 32.2 Å². The Balaban J connectivity index is 1.38. The third-order valence-corrected chi connectivity index (χ3v) is 5.01. The van der Waals surface area contributed by atoms with E-state index in [1.165, 1.54) is 6.07 Å². The van der Waals surface area contributed by atoms with Gasteiger partial charge in [-0.05, 0) is 38.3 Å². The molecule has 7 nitrogen and oxygen atoms in total. The highest BCUT2D eigenvalue weighted by Gasteiger charge is 2.25. The molecule has 2 aliphatic rings. The Hall–Kier alpha value is -1.93. The summed E-state index contributed by atoms with van der Waals surface area (Å²) < 4.78 is 25.0. The molecule has 0 saturated carbocycles. The molecule has 1 aromatic heterocycles. The molecule has 0 aromatic carbocycles. The molecule has 2 unspecified atom stereocenters. The van der Waals surface area contributed by atoms with E-state index >= 15 is 0 Å². The number of hydrogen-bond acceptors (Lipinski definition) is 5. The fraction of sp³-hybridized carbons (Fsp3) is 0.700. The van der Waals surface area contributed by atoms with Gasteiger partial charge >= 0.3 is 0 Å². The topological polar surface area (TPSA) is 71.0 Å². The molecule has 2 atom stereocenters. The normalized spacial score (nSPS) is 22.6. The van der Waals surface area contributed by atoms with Gasteiger partial charge < -0.3 is 25.0 Å². The van der Waals surface area contributed by atoms with E-state index in [0.717, 1.165) is 64.7 Å². The van der Waals surface area contributed by atoms with Crippen LogP contribution < -0.4 is 15.5 Å². The van der Waals surface area contributed by atoms with Crippen LogP contribution in [0.15, 0.2) is 23.3 Å². The summed E-state index contributed by atoms with van der Waals surface area (Å²) in [5.41, 5.74) is 0. The highest BCUT2D eigenvalue weighted by molar-refractivity contribution is 5.80. The van der Waals surface area contributed by atoms with E-state index in [1.807, 2.05) is 11.8 Å².